The maximum absolute atomic E-state index is 13.1. The molecule has 0 aliphatic carbocycles. The van der Waals surface area contributed by atoms with E-state index in [0.29, 0.717) is 0 Å². The van der Waals surface area contributed by atoms with E-state index in [2.05, 4.69) is 13.6 Å². The van der Waals surface area contributed by atoms with Crippen LogP contribution in [0.15, 0.2) is 18.2 Å². The molecule has 1 aromatic rings. The van der Waals surface area contributed by atoms with Gasteiger partial charge in [0.25, 0.3) is 0 Å². The molecular formula is C11H10F7O4P. The number of halogens is 7. The molecule has 0 radical (unpaired) electrons. The second-order valence-corrected chi connectivity index (χ2v) is 5.82. The molecular weight excluding hydrogens is 360 g/mol. The van der Waals surface area contributed by atoms with Gasteiger partial charge in [0.2, 0.25) is 0 Å². The second-order valence-electron chi connectivity index (χ2n) is 4.23. The first kappa shape index (κ1) is 19.7. The molecule has 23 heavy (non-hydrogen) atoms. The maximum Gasteiger partial charge on any atom is 0.530 e. The summed E-state index contributed by atoms with van der Waals surface area (Å²) in [6, 6.07) is 2.58. The van der Waals surface area contributed by atoms with Gasteiger partial charge in [-0.05, 0) is 30.7 Å². The average Bonchev–Trinajstić information content (AvgIpc) is 2.37. The highest BCUT2D eigenvalue weighted by molar-refractivity contribution is 7.48. The summed E-state index contributed by atoms with van der Waals surface area (Å²) < 4.78 is 110. The predicted octanol–water partition coefficient (Wildman–Crippen LogP) is 4.78. The Balaban J connectivity index is 2.93. The van der Waals surface area contributed by atoms with E-state index in [1.807, 2.05) is 0 Å². The summed E-state index contributed by atoms with van der Waals surface area (Å²) in [7, 11) is -5.23. The van der Waals surface area contributed by atoms with Crippen LogP contribution in [0, 0.1) is 12.7 Å². The zero-order valence-electron chi connectivity index (χ0n) is 11.4. The first-order valence-corrected chi connectivity index (χ1v) is 7.24. The van der Waals surface area contributed by atoms with Crippen molar-refractivity contribution in [3.8, 4) is 5.75 Å². The van der Waals surface area contributed by atoms with E-state index in [-0.39, 0.29) is 5.56 Å². The van der Waals surface area contributed by atoms with Crippen LogP contribution in [0.4, 0.5) is 30.7 Å². The number of alkyl halides is 6. The van der Waals surface area contributed by atoms with E-state index in [1.54, 1.807) is 0 Å². The van der Waals surface area contributed by atoms with Crippen molar-refractivity contribution in [3.05, 3.63) is 29.6 Å². The van der Waals surface area contributed by atoms with Crippen LogP contribution in [0.5, 0.6) is 5.75 Å². The van der Waals surface area contributed by atoms with Crippen molar-refractivity contribution in [3.63, 3.8) is 0 Å². The molecule has 0 aromatic heterocycles. The molecule has 0 saturated heterocycles. The summed E-state index contributed by atoms with van der Waals surface area (Å²) >= 11 is 0. The minimum Gasteiger partial charge on any atom is -0.404 e. The lowest BCUT2D eigenvalue weighted by atomic mass is 10.2. The van der Waals surface area contributed by atoms with E-state index in [1.165, 1.54) is 6.92 Å². The first-order valence-electron chi connectivity index (χ1n) is 5.78. The van der Waals surface area contributed by atoms with Crippen LogP contribution < -0.4 is 4.52 Å². The molecule has 1 aromatic carbocycles. The molecule has 0 saturated carbocycles. The minimum absolute atomic E-state index is 0.0410. The van der Waals surface area contributed by atoms with Crippen LogP contribution in [-0.4, -0.2) is 25.6 Å². The van der Waals surface area contributed by atoms with Gasteiger partial charge in [-0.2, -0.15) is 26.3 Å². The average molecular weight is 370 g/mol. The monoisotopic (exact) mass is 370 g/mol. The number of hydrogen-bond donors (Lipinski definition) is 0. The van der Waals surface area contributed by atoms with Crippen molar-refractivity contribution in [2.45, 2.75) is 19.3 Å². The third-order valence-electron chi connectivity index (χ3n) is 2.12. The lowest BCUT2D eigenvalue weighted by Gasteiger charge is -2.20. The van der Waals surface area contributed by atoms with Gasteiger partial charge in [0, 0.05) is 0 Å². The topological polar surface area (TPSA) is 44.8 Å². The molecule has 1 rings (SSSR count). The molecule has 0 amide bonds. The highest BCUT2D eigenvalue weighted by Crippen LogP contribution is 2.51. The molecule has 0 unspecified atom stereocenters. The maximum atomic E-state index is 13.1. The Kier molecular flexibility index (Phi) is 6.06. The molecule has 0 N–H and O–H groups in total. The van der Waals surface area contributed by atoms with Crippen molar-refractivity contribution in [1.29, 1.82) is 0 Å². The van der Waals surface area contributed by atoms with Crippen molar-refractivity contribution in [2.75, 3.05) is 13.2 Å². The van der Waals surface area contributed by atoms with Gasteiger partial charge in [-0.15, -0.1) is 0 Å². The fourth-order valence-corrected chi connectivity index (χ4v) is 2.36. The van der Waals surface area contributed by atoms with Crippen LogP contribution in [0.3, 0.4) is 0 Å². The highest BCUT2D eigenvalue weighted by Gasteiger charge is 2.40. The number of phosphoric ester groups is 1. The summed E-state index contributed by atoms with van der Waals surface area (Å²) in [4.78, 5) is 0. The summed E-state index contributed by atoms with van der Waals surface area (Å²) in [5, 5.41) is 0. The lowest BCUT2D eigenvalue weighted by Crippen LogP contribution is -2.21. The number of aryl methyl sites for hydroxylation is 1. The van der Waals surface area contributed by atoms with Crippen molar-refractivity contribution >= 4 is 7.82 Å². The van der Waals surface area contributed by atoms with E-state index in [9.17, 15) is 35.3 Å². The van der Waals surface area contributed by atoms with Crippen molar-refractivity contribution in [1.82, 2.24) is 0 Å². The SMILES string of the molecule is Cc1cc(OP(=O)(OCC(F)(F)F)OCC(F)(F)F)ccc1F. The van der Waals surface area contributed by atoms with E-state index in [4.69, 9.17) is 0 Å². The Morgan fingerprint density at radius 1 is 1.00 bits per heavy atom. The number of benzene rings is 1. The highest BCUT2D eigenvalue weighted by atomic mass is 31.2. The van der Waals surface area contributed by atoms with Gasteiger partial charge in [-0.3, -0.25) is 9.05 Å². The minimum atomic E-state index is -5.23. The van der Waals surface area contributed by atoms with Crippen molar-refractivity contribution in [2.24, 2.45) is 0 Å². The van der Waals surface area contributed by atoms with Gasteiger partial charge >= 0.3 is 20.2 Å². The van der Waals surface area contributed by atoms with Gasteiger partial charge in [0.15, 0.2) is 13.2 Å². The lowest BCUT2D eigenvalue weighted by molar-refractivity contribution is -0.168. The molecule has 0 atom stereocenters. The first-order chi connectivity index (χ1) is 10.3. The third-order valence-corrected chi connectivity index (χ3v) is 3.44. The van der Waals surface area contributed by atoms with Crippen LogP contribution >= 0.6 is 7.82 Å². The third kappa shape index (κ3) is 7.67. The second kappa shape index (κ2) is 7.06. The van der Waals surface area contributed by atoms with Crippen LogP contribution in [0.1, 0.15) is 5.56 Å². The fourth-order valence-electron chi connectivity index (χ4n) is 1.20. The molecule has 0 spiro atoms. The summed E-state index contributed by atoms with van der Waals surface area (Å²) in [5.41, 5.74) is -0.0410. The standard InChI is InChI=1S/C11H10F7O4P/c1-7-4-8(2-3-9(7)12)22-23(19,20-5-10(13,14)15)21-6-11(16,17)18/h2-4H,5-6H2,1H3. The number of hydrogen-bond acceptors (Lipinski definition) is 4. The van der Waals surface area contributed by atoms with E-state index < -0.39 is 45.0 Å². The zero-order valence-corrected chi connectivity index (χ0v) is 12.3. The van der Waals surface area contributed by atoms with Crippen molar-refractivity contribution < 1.29 is 48.9 Å². The van der Waals surface area contributed by atoms with Gasteiger partial charge in [-0.1, -0.05) is 0 Å². The summed E-state index contributed by atoms with van der Waals surface area (Å²) in [5.74, 6) is -1.18. The van der Waals surface area contributed by atoms with Gasteiger partial charge in [0.1, 0.15) is 11.6 Å². The smallest absolute Gasteiger partial charge is 0.404 e. The quantitative estimate of drug-likeness (QED) is 0.534. The zero-order chi connectivity index (χ0) is 17.9. The summed E-state index contributed by atoms with van der Waals surface area (Å²) in [6.45, 7) is -3.05. The summed E-state index contributed by atoms with van der Waals surface area (Å²) in [6.07, 6.45) is -9.95. The van der Waals surface area contributed by atoms with E-state index >= 15 is 0 Å². The molecule has 0 aliphatic rings. The van der Waals surface area contributed by atoms with Gasteiger partial charge in [0.05, 0.1) is 0 Å². The number of rotatable bonds is 6. The Morgan fingerprint density at radius 2 is 1.48 bits per heavy atom. The Morgan fingerprint density at radius 3 is 1.87 bits per heavy atom. The molecule has 0 aliphatic heterocycles. The Bertz CT molecular complexity index is 563. The van der Waals surface area contributed by atoms with E-state index in [0.717, 1.165) is 18.2 Å². The molecule has 12 heteroatoms. The predicted molar refractivity (Wildman–Crippen MR) is 63.4 cm³/mol. The molecule has 0 heterocycles. The van der Waals surface area contributed by atoms with Gasteiger partial charge < -0.3 is 4.52 Å². The molecule has 4 nitrogen and oxygen atoms in total. The Labute approximate surface area is 125 Å². The number of phosphoric acid groups is 1. The Hall–Kier alpha value is -1.32. The van der Waals surface area contributed by atoms with Crippen LogP contribution in [0.2, 0.25) is 0 Å². The van der Waals surface area contributed by atoms with Crippen LogP contribution in [0.25, 0.3) is 0 Å². The normalized spacial score (nSPS) is 13.2. The van der Waals surface area contributed by atoms with Crippen LogP contribution in [-0.2, 0) is 13.6 Å². The molecule has 0 bridgehead atoms. The largest absolute Gasteiger partial charge is 0.530 e. The molecule has 0 fully saturated rings. The molecule has 132 valence electrons. The van der Waals surface area contributed by atoms with Gasteiger partial charge in [-0.25, -0.2) is 8.96 Å². The fraction of sp³-hybridized carbons (Fsp3) is 0.455.